The molecule has 92 valence electrons. The van der Waals surface area contributed by atoms with Gasteiger partial charge in [0.05, 0.1) is 22.6 Å². The Kier molecular flexibility index (Phi) is 2.03. The number of hydrogen-bond donors (Lipinski definition) is 2. The fraction of sp³-hybridized carbons (Fsp3) is 0.571. The first-order valence-corrected chi connectivity index (χ1v) is 6.35. The predicted molar refractivity (Wildman–Crippen MR) is 69.5 cm³/mol. The average molecular weight is 232 g/mol. The molecule has 17 heavy (non-hydrogen) atoms. The number of nitrogen functional groups attached to an aromatic ring is 2. The molecule has 1 fully saturated rings. The van der Waals surface area contributed by atoms with E-state index >= 15 is 0 Å². The molecule has 1 spiro atoms. The first kappa shape index (κ1) is 10.9. The smallest absolute Gasteiger partial charge is 0.0947 e. The standard InChI is InChI=1S/C14H20N2O/c1-13(2)9-7-11(15)12(16)8-10(9)14(17-13)5-3-4-6-14/h7-8H,3-6,15-16H2,1-2H3. The van der Waals surface area contributed by atoms with Gasteiger partial charge in [0.1, 0.15) is 0 Å². The Morgan fingerprint density at radius 1 is 1.00 bits per heavy atom. The van der Waals surface area contributed by atoms with E-state index in [2.05, 4.69) is 13.8 Å². The van der Waals surface area contributed by atoms with Crippen LogP contribution in [0.15, 0.2) is 12.1 Å². The fourth-order valence-electron chi connectivity index (χ4n) is 3.42. The van der Waals surface area contributed by atoms with Crippen LogP contribution >= 0.6 is 0 Å². The SMILES string of the molecule is CC1(C)OC2(CCCC2)c2cc(N)c(N)cc21. The third kappa shape index (κ3) is 1.38. The number of hydrogen-bond acceptors (Lipinski definition) is 3. The number of benzene rings is 1. The Balaban J connectivity index is 2.22. The van der Waals surface area contributed by atoms with E-state index < -0.39 is 0 Å². The summed E-state index contributed by atoms with van der Waals surface area (Å²) in [5.74, 6) is 0. The lowest BCUT2D eigenvalue weighted by atomic mass is 9.87. The third-order valence-corrected chi connectivity index (χ3v) is 4.22. The number of fused-ring (bicyclic) bond motifs is 2. The molecule has 1 aromatic rings. The van der Waals surface area contributed by atoms with E-state index in [1.807, 2.05) is 12.1 Å². The van der Waals surface area contributed by atoms with Crippen LogP contribution < -0.4 is 11.5 Å². The molecule has 0 bridgehead atoms. The molecule has 2 aliphatic rings. The molecule has 1 aliphatic carbocycles. The summed E-state index contributed by atoms with van der Waals surface area (Å²) < 4.78 is 6.37. The van der Waals surface area contributed by atoms with Crippen molar-refractivity contribution in [3.63, 3.8) is 0 Å². The molecular weight excluding hydrogens is 212 g/mol. The number of anilines is 2. The maximum atomic E-state index is 6.37. The minimum atomic E-state index is -0.249. The first-order chi connectivity index (χ1) is 7.95. The molecule has 1 aromatic carbocycles. The summed E-state index contributed by atoms with van der Waals surface area (Å²) in [5, 5.41) is 0. The van der Waals surface area contributed by atoms with Crippen LogP contribution in [-0.2, 0) is 15.9 Å². The molecule has 3 heteroatoms. The van der Waals surface area contributed by atoms with Crippen molar-refractivity contribution >= 4 is 11.4 Å². The Hall–Kier alpha value is -1.22. The zero-order chi connectivity index (χ0) is 12.3. The maximum Gasteiger partial charge on any atom is 0.0947 e. The second-order valence-electron chi connectivity index (χ2n) is 5.84. The summed E-state index contributed by atoms with van der Waals surface area (Å²) in [4.78, 5) is 0. The highest BCUT2D eigenvalue weighted by Gasteiger charge is 2.50. The van der Waals surface area contributed by atoms with Gasteiger partial charge >= 0.3 is 0 Å². The minimum absolute atomic E-state index is 0.0966. The van der Waals surface area contributed by atoms with E-state index in [1.165, 1.54) is 24.0 Å². The van der Waals surface area contributed by atoms with Crippen molar-refractivity contribution < 1.29 is 4.74 Å². The van der Waals surface area contributed by atoms with Crippen LogP contribution in [0.1, 0.15) is 50.7 Å². The van der Waals surface area contributed by atoms with E-state index in [1.54, 1.807) is 0 Å². The molecule has 1 aliphatic heterocycles. The maximum absolute atomic E-state index is 6.37. The van der Waals surface area contributed by atoms with Crippen molar-refractivity contribution in [3.05, 3.63) is 23.3 Å². The molecule has 3 nitrogen and oxygen atoms in total. The normalized spacial score (nSPS) is 24.1. The van der Waals surface area contributed by atoms with Crippen LogP contribution in [0, 0.1) is 0 Å². The molecule has 0 aromatic heterocycles. The van der Waals surface area contributed by atoms with Crippen molar-refractivity contribution in [1.82, 2.24) is 0 Å². The van der Waals surface area contributed by atoms with Crippen LogP contribution in [0.25, 0.3) is 0 Å². The van der Waals surface area contributed by atoms with E-state index in [4.69, 9.17) is 16.2 Å². The Morgan fingerprint density at radius 3 is 2.12 bits per heavy atom. The largest absolute Gasteiger partial charge is 0.397 e. The fourth-order valence-corrected chi connectivity index (χ4v) is 3.42. The van der Waals surface area contributed by atoms with Gasteiger partial charge in [-0.2, -0.15) is 0 Å². The van der Waals surface area contributed by atoms with Crippen molar-refractivity contribution in [2.24, 2.45) is 0 Å². The van der Waals surface area contributed by atoms with E-state index in [0.29, 0.717) is 11.4 Å². The Bertz CT molecular complexity index is 473. The summed E-state index contributed by atoms with van der Waals surface area (Å²) in [6.45, 7) is 4.24. The summed E-state index contributed by atoms with van der Waals surface area (Å²) in [5.41, 5.74) is 15.4. The van der Waals surface area contributed by atoms with E-state index in [0.717, 1.165) is 12.8 Å². The number of nitrogens with two attached hydrogens (primary N) is 2. The van der Waals surface area contributed by atoms with Gasteiger partial charge in [0, 0.05) is 0 Å². The molecule has 0 atom stereocenters. The Morgan fingerprint density at radius 2 is 1.53 bits per heavy atom. The molecule has 1 heterocycles. The van der Waals surface area contributed by atoms with Crippen molar-refractivity contribution in [2.45, 2.75) is 50.7 Å². The lowest BCUT2D eigenvalue weighted by molar-refractivity contribution is -0.122. The number of rotatable bonds is 0. The monoisotopic (exact) mass is 232 g/mol. The van der Waals surface area contributed by atoms with Gasteiger partial charge in [0.25, 0.3) is 0 Å². The highest BCUT2D eigenvalue weighted by atomic mass is 16.5. The molecule has 3 rings (SSSR count). The zero-order valence-electron chi connectivity index (χ0n) is 10.5. The van der Waals surface area contributed by atoms with Gasteiger partial charge in [0.15, 0.2) is 0 Å². The molecular formula is C14H20N2O. The first-order valence-electron chi connectivity index (χ1n) is 6.35. The van der Waals surface area contributed by atoms with Crippen LogP contribution in [0.2, 0.25) is 0 Å². The molecule has 0 saturated heterocycles. The van der Waals surface area contributed by atoms with Crippen LogP contribution in [0.5, 0.6) is 0 Å². The van der Waals surface area contributed by atoms with Gasteiger partial charge in [-0.3, -0.25) is 0 Å². The van der Waals surface area contributed by atoms with Gasteiger partial charge < -0.3 is 16.2 Å². The second kappa shape index (κ2) is 3.16. The van der Waals surface area contributed by atoms with Crippen LogP contribution in [-0.4, -0.2) is 0 Å². The summed E-state index contributed by atoms with van der Waals surface area (Å²) >= 11 is 0. The lowest BCUT2D eigenvalue weighted by Gasteiger charge is -2.28. The van der Waals surface area contributed by atoms with E-state index in [-0.39, 0.29) is 11.2 Å². The van der Waals surface area contributed by atoms with E-state index in [9.17, 15) is 0 Å². The average Bonchev–Trinajstić information content (AvgIpc) is 2.76. The van der Waals surface area contributed by atoms with Crippen LogP contribution in [0.3, 0.4) is 0 Å². The van der Waals surface area contributed by atoms with Gasteiger partial charge in [-0.15, -0.1) is 0 Å². The lowest BCUT2D eigenvalue weighted by Crippen LogP contribution is -2.25. The molecule has 0 radical (unpaired) electrons. The van der Waals surface area contributed by atoms with Gasteiger partial charge in [-0.1, -0.05) is 12.8 Å². The van der Waals surface area contributed by atoms with Gasteiger partial charge in [-0.25, -0.2) is 0 Å². The van der Waals surface area contributed by atoms with Crippen molar-refractivity contribution in [1.29, 1.82) is 0 Å². The molecule has 0 amide bonds. The Labute approximate surface area is 102 Å². The van der Waals surface area contributed by atoms with Gasteiger partial charge in [-0.05, 0) is 49.9 Å². The summed E-state index contributed by atoms with van der Waals surface area (Å²) in [7, 11) is 0. The summed E-state index contributed by atoms with van der Waals surface area (Å²) in [6, 6.07) is 4.03. The minimum Gasteiger partial charge on any atom is -0.397 e. The quantitative estimate of drug-likeness (QED) is 0.676. The summed E-state index contributed by atoms with van der Waals surface area (Å²) in [6.07, 6.45) is 4.68. The predicted octanol–water partition coefficient (Wildman–Crippen LogP) is 2.89. The molecule has 0 unspecified atom stereocenters. The van der Waals surface area contributed by atoms with Crippen LogP contribution in [0.4, 0.5) is 11.4 Å². The van der Waals surface area contributed by atoms with Crippen molar-refractivity contribution in [3.8, 4) is 0 Å². The molecule has 1 saturated carbocycles. The zero-order valence-corrected chi connectivity index (χ0v) is 10.5. The highest BCUT2D eigenvalue weighted by molar-refractivity contribution is 5.68. The third-order valence-electron chi connectivity index (χ3n) is 4.22. The highest BCUT2D eigenvalue weighted by Crippen LogP contribution is 2.55. The molecule has 4 N–H and O–H groups in total. The second-order valence-corrected chi connectivity index (χ2v) is 5.84. The van der Waals surface area contributed by atoms with Crippen molar-refractivity contribution in [2.75, 3.05) is 11.5 Å². The van der Waals surface area contributed by atoms with Gasteiger partial charge in [0.2, 0.25) is 0 Å². The number of ether oxygens (including phenoxy) is 1. The topological polar surface area (TPSA) is 61.3 Å².